The van der Waals surface area contributed by atoms with Crippen molar-refractivity contribution in [3.63, 3.8) is 0 Å². The van der Waals surface area contributed by atoms with Crippen LogP contribution in [-0.2, 0) is 9.59 Å². The second-order valence-electron chi connectivity index (χ2n) is 5.23. The Morgan fingerprint density at radius 1 is 1.44 bits per heavy atom. The van der Waals surface area contributed by atoms with E-state index in [1.807, 2.05) is 0 Å². The van der Waals surface area contributed by atoms with E-state index in [2.05, 4.69) is 0 Å². The first-order chi connectivity index (χ1) is 7.41. The van der Waals surface area contributed by atoms with Gasteiger partial charge in [-0.15, -0.1) is 0 Å². The lowest BCUT2D eigenvalue weighted by Gasteiger charge is -2.42. The summed E-state index contributed by atoms with van der Waals surface area (Å²) in [5, 5.41) is 8.60. The summed E-state index contributed by atoms with van der Waals surface area (Å²) in [5.74, 6) is -0.388. The highest BCUT2D eigenvalue weighted by atomic mass is 16.4. The predicted octanol–water partition coefficient (Wildman–Crippen LogP) is 0.0469. The Balaban J connectivity index is 1.83. The molecule has 0 aromatic carbocycles. The number of aliphatic carboxylic acids is 1. The topological polar surface area (TPSA) is 83.6 Å². The first-order valence-corrected chi connectivity index (χ1v) is 5.71. The lowest BCUT2D eigenvalue weighted by molar-refractivity contribution is -0.148. The molecule has 3 N–H and O–H groups in total. The second-order valence-corrected chi connectivity index (χ2v) is 5.23. The van der Waals surface area contributed by atoms with E-state index >= 15 is 0 Å². The van der Waals surface area contributed by atoms with Crippen LogP contribution in [0.4, 0.5) is 0 Å². The van der Waals surface area contributed by atoms with Crippen LogP contribution in [0.2, 0.25) is 0 Å². The molecule has 1 amide bonds. The van der Waals surface area contributed by atoms with Crippen molar-refractivity contribution in [2.45, 2.75) is 31.7 Å². The van der Waals surface area contributed by atoms with Crippen LogP contribution < -0.4 is 5.73 Å². The predicted molar refractivity (Wildman–Crippen MR) is 57.6 cm³/mol. The van der Waals surface area contributed by atoms with Gasteiger partial charge in [-0.3, -0.25) is 9.59 Å². The Labute approximate surface area is 94.6 Å². The molecule has 0 radical (unpaired) electrons. The Morgan fingerprint density at radius 2 is 2.00 bits per heavy atom. The molecule has 0 bridgehead atoms. The van der Waals surface area contributed by atoms with Gasteiger partial charge in [0.1, 0.15) is 0 Å². The van der Waals surface area contributed by atoms with E-state index in [-0.39, 0.29) is 18.2 Å². The molecule has 5 heteroatoms. The minimum absolute atomic E-state index is 0.0170. The highest BCUT2D eigenvalue weighted by molar-refractivity contribution is 5.87. The molecular formula is C11H18N2O3. The summed E-state index contributed by atoms with van der Waals surface area (Å²) < 4.78 is 0. The Hall–Kier alpha value is -1.10. The standard InChI is InChI=1S/C11H18N2O3/c1-11(12,8-2-3-8)10(16)13-5-7(6-13)4-9(14)15/h7-8H,2-6,12H2,1H3,(H,14,15). The monoisotopic (exact) mass is 226 g/mol. The summed E-state index contributed by atoms with van der Waals surface area (Å²) in [6.45, 7) is 2.88. The molecule has 2 rings (SSSR count). The molecule has 1 heterocycles. The number of nitrogens with two attached hydrogens (primary N) is 1. The quantitative estimate of drug-likeness (QED) is 0.709. The van der Waals surface area contributed by atoms with Crippen molar-refractivity contribution in [1.29, 1.82) is 0 Å². The fourth-order valence-electron chi connectivity index (χ4n) is 2.31. The van der Waals surface area contributed by atoms with Gasteiger partial charge in [0.2, 0.25) is 5.91 Å². The van der Waals surface area contributed by atoms with Crippen molar-refractivity contribution in [2.24, 2.45) is 17.6 Å². The Kier molecular flexibility index (Phi) is 2.66. The van der Waals surface area contributed by atoms with Crippen molar-refractivity contribution in [3.8, 4) is 0 Å². The van der Waals surface area contributed by atoms with Gasteiger partial charge in [0.25, 0.3) is 0 Å². The minimum atomic E-state index is -0.796. The number of amides is 1. The maximum Gasteiger partial charge on any atom is 0.303 e. The third-order valence-corrected chi connectivity index (χ3v) is 3.59. The fourth-order valence-corrected chi connectivity index (χ4v) is 2.31. The molecule has 90 valence electrons. The van der Waals surface area contributed by atoms with Crippen molar-refractivity contribution in [2.75, 3.05) is 13.1 Å². The van der Waals surface area contributed by atoms with Crippen LogP contribution in [0.15, 0.2) is 0 Å². The second kappa shape index (κ2) is 3.73. The molecular weight excluding hydrogens is 208 g/mol. The lowest BCUT2D eigenvalue weighted by Crippen LogP contribution is -2.61. The number of likely N-dealkylation sites (tertiary alicyclic amines) is 1. The molecule has 1 aliphatic heterocycles. The molecule has 2 fully saturated rings. The molecule has 0 aromatic heterocycles. The van der Waals surface area contributed by atoms with Crippen LogP contribution in [0.5, 0.6) is 0 Å². The molecule has 0 spiro atoms. The van der Waals surface area contributed by atoms with Gasteiger partial charge in [-0.05, 0) is 25.7 Å². The fraction of sp³-hybridized carbons (Fsp3) is 0.818. The van der Waals surface area contributed by atoms with Crippen LogP contribution in [0.25, 0.3) is 0 Å². The maximum absolute atomic E-state index is 12.0. The van der Waals surface area contributed by atoms with E-state index in [0.29, 0.717) is 19.0 Å². The molecule has 1 aliphatic carbocycles. The van der Waals surface area contributed by atoms with Crippen molar-refractivity contribution in [3.05, 3.63) is 0 Å². The summed E-state index contributed by atoms with van der Waals surface area (Å²) in [6, 6.07) is 0. The third-order valence-electron chi connectivity index (χ3n) is 3.59. The van der Waals surface area contributed by atoms with Crippen LogP contribution >= 0.6 is 0 Å². The van der Waals surface area contributed by atoms with Gasteiger partial charge in [0.05, 0.1) is 12.0 Å². The average Bonchev–Trinajstić information content (AvgIpc) is 2.91. The first kappa shape index (κ1) is 11.4. The van der Waals surface area contributed by atoms with E-state index < -0.39 is 11.5 Å². The number of hydrogen-bond acceptors (Lipinski definition) is 3. The number of hydrogen-bond donors (Lipinski definition) is 2. The molecule has 1 saturated heterocycles. The number of rotatable bonds is 4. The summed E-state index contributed by atoms with van der Waals surface area (Å²) in [7, 11) is 0. The van der Waals surface area contributed by atoms with Gasteiger partial charge in [0.15, 0.2) is 0 Å². The van der Waals surface area contributed by atoms with E-state index in [0.717, 1.165) is 12.8 Å². The van der Waals surface area contributed by atoms with Crippen molar-refractivity contribution < 1.29 is 14.7 Å². The van der Waals surface area contributed by atoms with Crippen LogP contribution in [0, 0.1) is 11.8 Å². The number of carboxylic acid groups (broad SMARTS) is 1. The molecule has 1 atom stereocenters. The zero-order valence-corrected chi connectivity index (χ0v) is 9.48. The van der Waals surface area contributed by atoms with Crippen LogP contribution in [0.3, 0.4) is 0 Å². The van der Waals surface area contributed by atoms with E-state index in [1.54, 1.807) is 11.8 Å². The van der Waals surface area contributed by atoms with Gasteiger partial charge in [-0.25, -0.2) is 0 Å². The van der Waals surface area contributed by atoms with Gasteiger partial charge in [0, 0.05) is 19.0 Å². The zero-order valence-electron chi connectivity index (χ0n) is 9.48. The maximum atomic E-state index is 12.0. The third kappa shape index (κ3) is 2.04. The minimum Gasteiger partial charge on any atom is -0.481 e. The summed E-state index contributed by atoms with van der Waals surface area (Å²) in [4.78, 5) is 24.2. The summed E-state index contributed by atoms with van der Waals surface area (Å²) >= 11 is 0. The number of nitrogens with zero attached hydrogens (tertiary/aromatic N) is 1. The lowest BCUT2D eigenvalue weighted by atomic mass is 9.89. The first-order valence-electron chi connectivity index (χ1n) is 5.71. The van der Waals surface area contributed by atoms with Crippen LogP contribution in [0.1, 0.15) is 26.2 Å². The molecule has 5 nitrogen and oxygen atoms in total. The highest BCUT2D eigenvalue weighted by Gasteiger charge is 2.48. The molecule has 0 aromatic rings. The molecule has 1 saturated carbocycles. The van der Waals surface area contributed by atoms with E-state index in [4.69, 9.17) is 10.8 Å². The highest BCUT2D eigenvalue weighted by Crippen LogP contribution is 2.39. The molecule has 1 unspecified atom stereocenters. The average molecular weight is 226 g/mol. The van der Waals surface area contributed by atoms with Gasteiger partial charge in [-0.2, -0.15) is 0 Å². The Morgan fingerprint density at radius 3 is 2.44 bits per heavy atom. The van der Waals surface area contributed by atoms with E-state index in [9.17, 15) is 9.59 Å². The summed E-state index contributed by atoms with van der Waals surface area (Å²) in [5.41, 5.74) is 5.27. The van der Waals surface area contributed by atoms with Crippen molar-refractivity contribution in [1.82, 2.24) is 4.90 Å². The Bertz CT molecular complexity index is 317. The number of carbonyl (C=O) groups is 2. The van der Waals surface area contributed by atoms with Gasteiger partial charge < -0.3 is 15.7 Å². The van der Waals surface area contributed by atoms with Gasteiger partial charge >= 0.3 is 5.97 Å². The zero-order chi connectivity index (χ0) is 11.9. The largest absolute Gasteiger partial charge is 0.481 e. The normalized spacial score (nSPS) is 24.8. The SMILES string of the molecule is CC(N)(C(=O)N1CC(CC(=O)O)C1)C1CC1. The van der Waals surface area contributed by atoms with Gasteiger partial charge in [-0.1, -0.05) is 0 Å². The number of carboxylic acids is 1. The summed E-state index contributed by atoms with van der Waals surface area (Å²) in [6.07, 6.45) is 2.21. The molecule has 16 heavy (non-hydrogen) atoms. The van der Waals surface area contributed by atoms with E-state index in [1.165, 1.54) is 0 Å². The van der Waals surface area contributed by atoms with Crippen LogP contribution in [-0.4, -0.2) is 40.5 Å². The molecule has 2 aliphatic rings. The number of carbonyl (C=O) groups excluding carboxylic acids is 1. The van der Waals surface area contributed by atoms with Crippen molar-refractivity contribution >= 4 is 11.9 Å². The smallest absolute Gasteiger partial charge is 0.303 e.